The first kappa shape index (κ1) is 22.2. The summed E-state index contributed by atoms with van der Waals surface area (Å²) in [6.45, 7) is 0.288. The maximum absolute atomic E-state index is 12.9. The zero-order valence-corrected chi connectivity index (χ0v) is 18.7. The number of hydrogen-bond acceptors (Lipinski definition) is 6. The highest BCUT2D eigenvalue weighted by molar-refractivity contribution is 5.82. The predicted octanol–water partition coefficient (Wildman–Crippen LogP) is 4.41. The highest BCUT2D eigenvalue weighted by Crippen LogP contribution is 2.29. The first-order valence-corrected chi connectivity index (χ1v) is 11.2. The Bertz CT molecular complexity index is 1290. The average Bonchev–Trinajstić information content (AvgIpc) is 3.44. The summed E-state index contributed by atoms with van der Waals surface area (Å²) in [7, 11) is 0. The molecular formula is C25H25F2N5O2. The van der Waals surface area contributed by atoms with Crippen LogP contribution in [0.15, 0.2) is 54.9 Å². The van der Waals surface area contributed by atoms with Crippen LogP contribution in [-0.4, -0.2) is 50.4 Å². The van der Waals surface area contributed by atoms with Gasteiger partial charge in [0, 0.05) is 30.1 Å². The van der Waals surface area contributed by atoms with Gasteiger partial charge in [-0.3, -0.25) is 0 Å². The molecule has 4 aromatic rings. The fraction of sp³-hybridized carbons (Fsp3) is 0.320. The maximum atomic E-state index is 12.9. The quantitative estimate of drug-likeness (QED) is 0.436. The van der Waals surface area contributed by atoms with Crippen LogP contribution in [0.4, 0.5) is 14.7 Å². The predicted molar refractivity (Wildman–Crippen MR) is 125 cm³/mol. The van der Waals surface area contributed by atoms with Crippen LogP contribution in [0.25, 0.3) is 22.2 Å². The van der Waals surface area contributed by atoms with E-state index in [0.717, 1.165) is 47.4 Å². The molecular weight excluding hydrogens is 440 g/mol. The SMILES string of the molecule is Cc1nc2ccc(-c3cnc(N4CCC[C@H]4CO)nc3)cc2n1Cc1ccccc1OC(F)F. The molecule has 5 rings (SSSR count). The maximum Gasteiger partial charge on any atom is 0.387 e. The van der Waals surface area contributed by atoms with Gasteiger partial charge in [0.05, 0.1) is 30.2 Å². The third-order valence-corrected chi connectivity index (χ3v) is 6.27. The number of aliphatic hydroxyl groups excluding tert-OH is 1. The number of fused-ring (bicyclic) bond motifs is 1. The van der Waals surface area contributed by atoms with Gasteiger partial charge < -0.3 is 19.3 Å². The van der Waals surface area contributed by atoms with E-state index >= 15 is 0 Å². The van der Waals surface area contributed by atoms with E-state index in [2.05, 4.69) is 15.0 Å². The molecule has 0 spiro atoms. The number of imidazole rings is 1. The molecule has 0 amide bonds. The van der Waals surface area contributed by atoms with Crippen molar-refractivity contribution < 1.29 is 18.6 Å². The highest BCUT2D eigenvalue weighted by atomic mass is 19.3. The molecule has 2 aromatic carbocycles. The number of rotatable bonds is 7. The van der Waals surface area contributed by atoms with Gasteiger partial charge in [-0.05, 0) is 43.5 Å². The number of aryl methyl sites for hydroxylation is 1. The molecule has 2 aromatic heterocycles. The van der Waals surface area contributed by atoms with Gasteiger partial charge in [-0.2, -0.15) is 8.78 Å². The molecule has 0 aliphatic carbocycles. The van der Waals surface area contributed by atoms with Crippen molar-refractivity contribution in [3.8, 4) is 16.9 Å². The molecule has 1 N–H and O–H groups in total. The summed E-state index contributed by atoms with van der Waals surface area (Å²) in [6, 6.07) is 12.8. The smallest absolute Gasteiger partial charge is 0.387 e. The molecule has 0 saturated carbocycles. The van der Waals surface area contributed by atoms with Crippen LogP contribution < -0.4 is 9.64 Å². The van der Waals surface area contributed by atoms with E-state index in [0.29, 0.717) is 18.1 Å². The zero-order valence-electron chi connectivity index (χ0n) is 18.7. The molecule has 34 heavy (non-hydrogen) atoms. The minimum Gasteiger partial charge on any atom is -0.434 e. The molecule has 1 fully saturated rings. The normalized spacial score (nSPS) is 16.0. The van der Waals surface area contributed by atoms with Gasteiger partial charge in [0.25, 0.3) is 0 Å². The molecule has 7 nitrogen and oxygen atoms in total. The molecule has 0 radical (unpaired) electrons. The molecule has 1 atom stereocenters. The number of alkyl halides is 2. The van der Waals surface area contributed by atoms with Crippen LogP contribution in [0.3, 0.4) is 0 Å². The van der Waals surface area contributed by atoms with E-state index in [4.69, 9.17) is 4.74 Å². The molecule has 0 bridgehead atoms. The molecule has 0 unspecified atom stereocenters. The van der Waals surface area contributed by atoms with E-state index in [1.54, 1.807) is 36.7 Å². The lowest BCUT2D eigenvalue weighted by molar-refractivity contribution is -0.0504. The number of anilines is 1. The molecule has 1 aliphatic rings. The minimum atomic E-state index is -2.88. The first-order valence-electron chi connectivity index (χ1n) is 11.2. The van der Waals surface area contributed by atoms with Gasteiger partial charge in [-0.25, -0.2) is 15.0 Å². The van der Waals surface area contributed by atoms with Crippen LogP contribution in [0, 0.1) is 6.92 Å². The van der Waals surface area contributed by atoms with Crippen molar-refractivity contribution in [2.24, 2.45) is 0 Å². The van der Waals surface area contributed by atoms with E-state index in [-0.39, 0.29) is 18.4 Å². The van der Waals surface area contributed by atoms with Gasteiger partial charge in [-0.1, -0.05) is 24.3 Å². The second-order valence-corrected chi connectivity index (χ2v) is 8.38. The summed E-state index contributed by atoms with van der Waals surface area (Å²) >= 11 is 0. The van der Waals surface area contributed by atoms with Crippen molar-refractivity contribution >= 4 is 17.0 Å². The topological polar surface area (TPSA) is 76.3 Å². The second kappa shape index (κ2) is 9.34. The van der Waals surface area contributed by atoms with E-state index in [1.807, 2.05) is 34.6 Å². The van der Waals surface area contributed by atoms with Crippen LogP contribution in [-0.2, 0) is 6.54 Å². The Morgan fingerprint density at radius 3 is 2.68 bits per heavy atom. The first-order chi connectivity index (χ1) is 16.5. The summed E-state index contributed by atoms with van der Waals surface area (Å²) in [5.74, 6) is 1.55. The van der Waals surface area contributed by atoms with Crippen LogP contribution in [0.1, 0.15) is 24.2 Å². The van der Waals surface area contributed by atoms with Crippen molar-refractivity contribution in [3.05, 3.63) is 66.2 Å². The van der Waals surface area contributed by atoms with Gasteiger partial charge >= 0.3 is 6.61 Å². The van der Waals surface area contributed by atoms with Crippen molar-refractivity contribution in [2.75, 3.05) is 18.1 Å². The summed E-state index contributed by atoms with van der Waals surface area (Å²) < 4.78 is 32.4. The van der Waals surface area contributed by atoms with Crippen molar-refractivity contribution in [1.29, 1.82) is 0 Å². The Morgan fingerprint density at radius 2 is 1.91 bits per heavy atom. The standard InChI is InChI=1S/C25H25F2N5O2/c1-16-30-21-9-8-17(19-12-28-25(29-13-19)31-10-4-6-20(31)15-33)11-22(21)32(16)14-18-5-2-3-7-23(18)34-24(26)27/h2-3,5,7-9,11-13,20,24,33H,4,6,10,14-15H2,1H3/t20-/m0/s1. The van der Waals surface area contributed by atoms with Crippen molar-refractivity contribution in [1.82, 2.24) is 19.5 Å². The van der Waals surface area contributed by atoms with Gasteiger partial charge in [-0.15, -0.1) is 0 Å². The second-order valence-electron chi connectivity index (χ2n) is 8.38. The van der Waals surface area contributed by atoms with Crippen LogP contribution in [0.2, 0.25) is 0 Å². The number of para-hydroxylation sites is 1. The lowest BCUT2D eigenvalue weighted by Gasteiger charge is -2.22. The monoisotopic (exact) mass is 465 g/mol. The van der Waals surface area contributed by atoms with Crippen LogP contribution in [0.5, 0.6) is 5.75 Å². The van der Waals surface area contributed by atoms with Crippen molar-refractivity contribution in [3.63, 3.8) is 0 Å². The van der Waals surface area contributed by atoms with E-state index < -0.39 is 6.61 Å². The number of benzene rings is 2. The Balaban J connectivity index is 1.46. The number of hydrogen-bond donors (Lipinski definition) is 1. The molecule has 9 heteroatoms. The number of aliphatic hydroxyl groups is 1. The minimum absolute atomic E-state index is 0.0662. The van der Waals surface area contributed by atoms with Crippen LogP contribution >= 0.6 is 0 Å². The van der Waals surface area contributed by atoms with E-state index in [1.165, 1.54) is 0 Å². The molecule has 3 heterocycles. The largest absolute Gasteiger partial charge is 0.434 e. The third kappa shape index (κ3) is 4.31. The Labute approximate surface area is 195 Å². The number of nitrogens with zero attached hydrogens (tertiary/aromatic N) is 5. The fourth-order valence-electron chi connectivity index (χ4n) is 4.55. The number of aromatic nitrogens is 4. The Kier molecular flexibility index (Phi) is 6.10. The van der Waals surface area contributed by atoms with Gasteiger partial charge in [0.15, 0.2) is 0 Å². The third-order valence-electron chi connectivity index (χ3n) is 6.27. The lowest BCUT2D eigenvalue weighted by atomic mass is 10.1. The fourth-order valence-corrected chi connectivity index (χ4v) is 4.55. The number of ether oxygens (including phenoxy) is 1. The summed E-state index contributed by atoms with van der Waals surface area (Å²) in [6.07, 6.45) is 5.53. The lowest BCUT2D eigenvalue weighted by Crippen LogP contribution is -2.33. The molecule has 1 aliphatic heterocycles. The molecule has 1 saturated heterocycles. The van der Waals surface area contributed by atoms with Gasteiger partial charge in [0.1, 0.15) is 11.6 Å². The molecule has 176 valence electrons. The Morgan fingerprint density at radius 1 is 1.12 bits per heavy atom. The summed E-state index contributed by atoms with van der Waals surface area (Å²) in [4.78, 5) is 15.8. The van der Waals surface area contributed by atoms with E-state index in [9.17, 15) is 13.9 Å². The average molecular weight is 466 g/mol. The zero-order chi connectivity index (χ0) is 23.7. The highest BCUT2D eigenvalue weighted by Gasteiger charge is 2.25. The summed E-state index contributed by atoms with van der Waals surface area (Å²) in [5, 5.41) is 9.57. The summed E-state index contributed by atoms with van der Waals surface area (Å²) in [5.41, 5.74) is 4.13. The van der Waals surface area contributed by atoms with Gasteiger partial charge in [0.2, 0.25) is 5.95 Å². The Hall–Kier alpha value is -3.59. The number of halogens is 2. The van der Waals surface area contributed by atoms with Crippen molar-refractivity contribution in [2.45, 2.75) is 39.0 Å².